The normalized spacial score (nSPS) is 16.4. The molecule has 2 aromatic heterocycles. The summed E-state index contributed by atoms with van der Waals surface area (Å²) in [5, 5.41) is 9.62. The lowest BCUT2D eigenvalue weighted by molar-refractivity contribution is 0.510. The number of aryl methyl sites for hydroxylation is 2. The van der Waals surface area contributed by atoms with Gasteiger partial charge >= 0.3 is 0 Å². The maximum Gasteiger partial charge on any atom is 0.176 e. The molecule has 1 aliphatic rings. The summed E-state index contributed by atoms with van der Waals surface area (Å²) in [4.78, 5) is 5.61. The molecule has 0 aliphatic heterocycles. The lowest BCUT2D eigenvalue weighted by Crippen LogP contribution is -2.08. The van der Waals surface area contributed by atoms with E-state index in [1.54, 1.807) is 11.3 Å². The van der Waals surface area contributed by atoms with Gasteiger partial charge in [-0.05, 0) is 26.7 Å². The second kappa shape index (κ2) is 5.02. The van der Waals surface area contributed by atoms with E-state index in [9.17, 15) is 0 Å². The van der Waals surface area contributed by atoms with Crippen molar-refractivity contribution in [1.29, 1.82) is 0 Å². The highest BCUT2D eigenvalue weighted by Gasteiger charge is 2.25. The number of hydrogen-bond donors (Lipinski definition) is 1. The molecule has 0 bridgehead atoms. The van der Waals surface area contributed by atoms with Crippen LogP contribution < -0.4 is 5.73 Å². The standard InChI is InChI=1S/C13H19N5S/c1-8-12(19-11(7-14)15-8)13-17-16-9(2)18(13)10-5-3-4-6-10/h10H,3-7,14H2,1-2H3. The third-order valence-corrected chi connectivity index (χ3v) is 4.95. The van der Waals surface area contributed by atoms with Crippen LogP contribution in [0.15, 0.2) is 0 Å². The predicted octanol–water partition coefficient (Wildman–Crippen LogP) is 2.59. The van der Waals surface area contributed by atoms with Gasteiger partial charge in [-0.25, -0.2) is 4.98 Å². The van der Waals surface area contributed by atoms with Gasteiger partial charge in [0, 0.05) is 12.6 Å². The summed E-state index contributed by atoms with van der Waals surface area (Å²) >= 11 is 1.64. The van der Waals surface area contributed by atoms with Gasteiger partial charge in [0.05, 0.1) is 10.6 Å². The maximum atomic E-state index is 5.68. The molecule has 0 radical (unpaired) electrons. The Bertz CT molecular complexity index is 580. The van der Waals surface area contributed by atoms with Crippen molar-refractivity contribution in [2.24, 2.45) is 5.73 Å². The SMILES string of the molecule is Cc1nc(CN)sc1-c1nnc(C)n1C1CCCC1. The molecule has 1 fully saturated rings. The van der Waals surface area contributed by atoms with Crippen LogP contribution in [0.4, 0.5) is 0 Å². The van der Waals surface area contributed by atoms with Crippen molar-refractivity contribution < 1.29 is 0 Å². The highest BCUT2D eigenvalue weighted by atomic mass is 32.1. The van der Waals surface area contributed by atoms with E-state index in [1.807, 2.05) is 13.8 Å². The van der Waals surface area contributed by atoms with Crippen LogP contribution in [0.25, 0.3) is 10.7 Å². The quantitative estimate of drug-likeness (QED) is 0.936. The fraction of sp³-hybridized carbons (Fsp3) is 0.615. The van der Waals surface area contributed by atoms with Gasteiger partial charge in [0.25, 0.3) is 0 Å². The minimum absolute atomic E-state index is 0.488. The van der Waals surface area contributed by atoms with Crippen LogP contribution in [0.2, 0.25) is 0 Å². The molecule has 2 aromatic rings. The van der Waals surface area contributed by atoms with Gasteiger partial charge in [-0.1, -0.05) is 12.8 Å². The van der Waals surface area contributed by atoms with Gasteiger partial charge < -0.3 is 10.3 Å². The average Bonchev–Trinajstić information content (AvgIpc) is 3.08. The zero-order valence-corrected chi connectivity index (χ0v) is 12.2. The summed E-state index contributed by atoms with van der Waals surface area (Å²) in [6.07, 6.45) is 5.07. The first-order valence-corrected chi connectivity index (χ1v) is 7.60. The van der Waals surface area contributed by atoms with E-state index in [2.05, 4.69) is 19.7 Å². The molecule has 102 valence electrons. The maximum absolute atomic E-state index is 5.68. The van der Waals surface area contributed by atoms with Crippen LogP contribution >= 0.6 is 11.3 Å². The molecule has 1 aliphatic carbocycles. The Kier molecular flexibility index (Phi) is 3.36. The van der Waals surface area contributed by atoms with Crippen LogP contribution in [0.5, 0.6) is 0 Å². The van der Waals surface area contributed by atoms with Crippen molar-refractivity contribution in [1.82, 2.24) is 19.7 Å². The molecule has 0 aromatic carbocycles. The van der Waals surface area contributed by atoms with Gasteiger partial charge in [-0.15, -0.1) is 21.5 Å². The van der Waals surface area contributed by atoms with E-state index in [0.717, 1.165) is 27.2 Å². The molecular formula is C13H19N5S. The largest absolute Gasteiger partial charge is 0.325 e. The van der Waals surface area contributed by atoms with Gasteiger partial charge in [-0.2, -0.15) is 0 Å². The second-order valence-electron chi connectivity index (χ2n) is 5.11. The Hall–Kier alpha value is -1.27. The van der Waals surface area contributed by atoms with E-state index in [0.29, 0.717) is 12.6 Å². The average molecular weight is 277 g/mol. The number of aromatic nitrogens is 4. The third kappa shape index (κ3) is 2.19. The molecule has 5 nitrogen and oxygen atoms in total. The minimum Gasteiger partial charge on any atom is -0.325 e. The van der Waals surface area contributed by atoms with E-state index in [4.69, 9.17) is 5.73 Å². The lowest BCUT2D eigenvalue weighted by atomic mass is 10.2. The van der Waals surface area contributed by atoms with E-state index < -0.39 is 0 Å². The molecule has 0 unspecified atom stereocenters. The summed E-state index contributed by atoms with van der Waals surface area (Å²) in [5.74, 6) is 1.98. The highest BCUT2D eigenvalue weighted by molar-refractivity contribution is 7.15. The lowest BCUT2D eigenvalue weighted by Gasteiger charge is -2.15. The number of thiazole rings is 1. The summed E-state index contributed by atoms with van der Waals surface area (Å²) in [6, 6.07) is 0.549. The van der Waals surface area contributed by atoms with Crippen LogP contribution in [0.3, 0.4) is 0 Å². The van der Waals surface area contributed by atoms with Gasteiger partial charge in [0.2, 0.25) is 0 Å². The smallest absolute Gasteiger partial charge is 0.176 e. The molecule has 6 heteroatoms. The fourth-order valence-corrected chi connectivity index (χ4v) is 3.80. The van der Waals surface area contributed by atoms with Crippen molar-refractivity contribution in [3.63, 3.8) is 0 Å². The van der Waals surface area contributed by atoms with Gasteiger partial charge in [-0.3, -0.25) is 0 Å². The summed E-state index contributed by atoms with van der Waals surface area (Å²) in [7, 11) is 0. The molecule has 2 heterocycles. The first kappa shape index (κ1) is 12.7. The molecule has 0 atom stereocenters. The monoisotopic (exact) mass is 277 g/mol. The number of nitrogens with two attached hydrogens (primary N) is 1. The summed E-state index contributed by atoms with van der Waals surface area (Å²) in [5.41, 5.74) is 6.69. The Labute approximate surface area is 116 Å². The molecule has 3 rings (SSSR count). The first-order valence-electron chi connectivity index (χ1n) is 6.79. The molecule has 19 heavy (non-hydrogen) atoms. The van der Waals surface area contributed by atoms with E-state index in [1.165, 1.54) is 25.7 Å². The van der Waals surface area contributed by atoms with E-state index in [-0.39, 0.29) is 0 Å². The molecule has 2 N–H and O–H groups in total. The summed E-state index contributed by atoms with van der Waals surface area (Å²) < 4.78 is 2.30. The molecule has 1 saturated carbocycles. The van der Waals surface area contributed by atoms with Crippen LogP contribution in [-0.2, 0) is 6.54 Å². The number of nitrogens with zero attached hydrogens (tertiary/aromatic N) is 4. The molecule has 0 saturated heterocycles. The number of rotatable bonds is 3. The minimum atomic E-state index is 0.488. The Morgan fingerprint density at radius 2 is 2.00 bits per heavy atom. The Morgan fingerprint density at radius 3 is 2.63 bits per heavy atom. The molecule has 0 spiro atoms. The van der Waals surface area contributed by atoms with Gasteiger partial charge in [0.1, 0.15) is 10.8 Å². The van der Waals surface area contributed by atoms with Crippen molar-refractivity contribution >= 4 is 11.3 Å². The second-order valence-corrected chi connectivity index (χ2v) is 6.19. The van der Waals surface area contributed by atoms with Gasteiger partial charge in [0.15, 0.2) is 5.82 Å². The predicted molar refractivity (Wildman–Crippen MR) is 76.0 cm³/mol. The van der Waals surface area contributed by atoms with E-state index >= 15 is 0 Å². The number of hydrogen-bond acceptors (Lipinski definition) is 5. The summed E-state index contributed by atoms with van der Waals surface area (Å²) in [6.45, 7) is 4.55. The van der Waals surface area contributed by atoms with Crippen LogP contribution in [-0.4, -0.2) is 19.7 Å². The highest BCUT2D eigenvalue weighted by Crippen LogP contribution is 2.36. The van der Waals surface area contributed by atoms with Crippen LogP contribution in [0.1, 0.15) is 48.3 Å². The van der Waals surface area contributed by atoms with Crippen molar-refractivity contribution in [3.05, 3.63) is 16.5 Å². The first-order chi connectivity index (χ1) is 9.20. The third-order valence-electron chi connectivity index (χ3n) is 3.77. The zero-order valence-electron chi connectivity index (χ0n) is 11.4. The molecule has 0 amide bonds. The topological polar surface area (TPSA) is 69.6 Å². The fourth-order valence-electron chi connectivity index (χ4n) is 2.87. The molecular weight excluding hydrogens is 258 g/mol. The van der Waals surface area contributed by atoms with Crippen molar-refractivity contribution in [2.45, 2.75) is 52.1 Å². The van der Waals surface area contributed by atoms with Crippen molar-refractivity contribution in [2.75, 3.05) is 0 Å². The zero-order chi connectivity index (χ0) is 13.4. The Balaban J connectivity index is 2.06. The Morgan fingerprint density at radius 1 is 1.26 bits per heavy atom. The van der Waals surface area contributed by atoms with Crippen molar-refractivity contribution in [3.8, 4) is 10.7 Å². The van der Waals surface area contributed by atoms with Crippen LogP contribution in [0, 0.1) is 13.8 Å².